The summed E-state index contributed by atoms with van der Waals surface area (Å²) in [6, 6.07) is 10.1. The molecule has 4 nitrogen and oxygen atoms in total. The van der Waals surface area contributed by atoms with E-state index in [2.05, 4.69) is 23.5 Å². The smallest absolute Gasteiger partial charge is 0.325 e. The van der Waals surface area contributed by atoms with Gasteiger partial charge in [0.2, 0.25) is 0 Å². The molecule has 1 rings (SSSR count). The van der Waals surface area contributed by atoms with Crippen LogP contribution in [0.3, 0.4) is 0 Å². The average Bonchev–Trinajstić information content (AvgIpc) is 2.38. The third-order valence-corrected chi connectivity index (χ3v) is 2.36. The number of hydrogen-bond donors (Lipinski definition) is 0. The fourth-order valence-electron chi connectivity index (χ4n) is 1.44. The van der Waals surface area contributed by atoms with Crippen molar-refractivity contribution in [2.75, 3.05) is 13.2 Å². The summed E-state index contributed by atoms with van der Waals surface area (Å²) in [6.07, 6.45) is 2.56. The Hall–Kier alpha value is -2.03. The predicted octanol–water partition coefficient (Wildman–Crippen LogP) is 2.06. The molecule has 0 amide bonds. The summed E-state index contributed by atoms with van der Waals surface area (Å²) in [7, 11) is 0. The van der Waals surface area contributed by atoms with E-state index < -0.39 is 0 Å². The summed E-state index contributed by atoms with van der Waals surface area (Å²) in [6.45, 7) is 4.15. The van der Waals surface area contributed by atoms with Crippen molar-refractivity contribution in [3.63, 3.8) is 0 Å². The minimum atomic E-state index is -0.367. The lowest BCUT2D eigenvalue weighted by molar-refractivity contribution is -0.120. The minimum absolute atomic E-state index is 0.0889. The summed E-state index contributed by atoms with van der Waals surface area (Å²) in [4.78, 5) is 13.6. The molecule has 0 saturated carbocycles. The largest absolute Gasteiger partial charge is 0.369 e. The van der Waals surface area contributed by atoms with Gasteiger partial charge in [-0.1, -0.05) is 42.5 Å². The van der Waals surface area contributed by atoms with Crippen LogP contribution in [0.2, 0.25) is 0 Å². The highest BCUT2D eigenvalue weighted by Gasteiger charge is 2.03. The fraction of sp³-hybridized carbons (Fsp3) is 0.286. The second-order valence-electron chi connectivity index (χ2n) is 3.94. The normalized spacial score (nSPS) is 9.56. The van der Waals surface area contributed by atoms with Gasteiger partial charge < -0.3 is 10.3 Å². The summed E-state index contributed by atoms with van der Waals surface area (Å²) in [5, 5.41) is 0. The molecular formula is C14H16N2O2. The maximum atomic E-state index is 10.9. The van der Waals surface area contributed by atoms with Crippen LogP contribution in [0.1, 0.15) is 12.0 Å². The third-order valence-electron chi connectivity index (χ3n) is 2.36. The zero-order valence-electron chi connectivity index (χ0n) is 10.2. The van der Waals surface area contributed by atoms with Crippen molar-refractivity contribution in [2.45, 2.75) is 12.8 Å². The molecule has 94 valence electrons. The van der Waals surface area contributed by atoms with Gasteiger partial charge in [-0.3, -0.25) is 4.79 Å². The highest BCUT2D eigenvalue weighted by molar-refractivity contribution is 6.25. The molecule has 0 aliphatic heterocycles. The number of ketones is 1. The molecule has 0 spiro atoms. The number of nitrogens with zero attached hydrogens (tertiary/aromatic N) is 2. The predicted molar refractivity (Wildman–Crippen MR) is 69.4 cm³/mol. The maximum absolute atomic E-state index is 10.9. The Labute approximate surface area is 107 Å². The van der Waals surface area contributed by atoms with Gasteiger partial charge in [-0.15, -0.1) is 0 Å². The molecule has 0 heterocycles. The van der Waals surface area contributed by atoms with E-state index in [0.29, 0.717) is 6.61 Å². The van der Waals surface area contributed by atoms with Crippen LogP contribution in [0.25, 0.3) is 5.53 Å². The standard InChI is InChI=1S/C14H16N2O2/c1-12(10-18-11-14(17)9-16-15)7-8-13-5-3-2-4-6-13/h2-6,9H,1,7-8,10-11H2. The van der Waals surface area contributed by atoms with Crippen molar-refractivity contribution >= 4 is 12.0 Å². The second-order valence-corrected chi connectivity index (χ2v) is 3.94. The molecule has 1 aromatic rings. The number of benzene rings is 1. The van der Waals surface area contributed by atoms with Crippen molar-refractivity contribution in [3.05, 3.63) is 53.6 Å². The first kappa shape index (κ1) is 14.0. The number of rotatable bonds is 8. The Morgan fingerprint density at radius 1 is 1.33 bits per heavy atom. The van der Waals surface area contributed by atoms with Crippen LogP contribution in [0.5, 0.6) is 0 Å². The molecule has 0 radical (unpaired) electrons. The highest BCUT2D eigenvalue weighted by Crippen LogP contribution is 2.07. The molecule has 0 aromatic heterocycles. The quantitative estimate of drug-likeness (QED) is 0.304. The molecule has 0 fully saturated rings. The number of ether oxygens (including phenoxy) is 1. The van der Waals surface area contributed by atoms with E-state index in [1.807, 2.05) is 18.2 Å². The number of carbonyl (C=O) groups excluding carboxylic acids is 1. The van der Waals surface area contributed by atoms with E-state index in [9.17, 15) is 4.79 Å². The maximum Gasteiger partial charge on any atom is 0.325 e. The van der Waals surface area contributed by atoms with Crippen LogP contribution in [-0.2, 0) is 16.0 Å². The summed E-state index contributed by atoms with van der Waals surface area (Å²) in [5.74, 6) is -0.367. The average molecular weight is 244 g/mol. The molecule has 0 unspecified atom stereocenters. The van der Waals surface area contributed by atoms with Gasteiger partial charge in [0.1, 0.15) is 6.61 Å². The van der Waals surface area contributed by atoms with Gasteiger partial charge in [0.25, 0.3) is 5.78 Å². The lowest BCUT2D eigenvalue weighted by Crippen LogP contribution is -2.11. The summed E-state index contributed by atoms with van der Waals surface area (Å²) in [5.41, 5.74) is 10.3. The van der Waals surface area contributed by atoms with Crippen LogP contribution in [0.15, 0.2) is 42.5 Å². The van der Waals surface area contributed by atoms with Crippen LogP contribution in [0, 0.1) is 0 Å². The molecule has 4 heteroatoms. The molecule has 18 heavy (non-hydrogen) atoms. The zero-order valence-corrected chi connectivity index (χ0v) is 10.2. The van der Waals surface area contributed by atoms with Crippen molar-refractivity contribution in [1.82, 2.24) is 0 Å². The van der Waals surface area contributed by atoms with E-state index in [0.717, 1.165) is 24.6 Å². The minimum Gasteiger partial charge on any atom is -0.369 e. The van der Waals surface area contributed by atoms with Gasteiger partial charge in [0.15, 0.2) is 0 Å². The lowest BCUT2D eigenvalue weighted by atomic mass is 10.1. The molecule has 1 aromatic carbocycles. The molecule has 0 N–H and O–H groups in total. The van der Waals surface area contributed by atoms with Gasteiger partial charge in [-0.25, -0.2) is 0 Å². The topological polar surface area (TPSA) is 62.7 Å². The lowest BCUT2D eigenvalue weighted by Gasteiger charge is -2.05. The van der Waals surface area contributed by atoms with Crippen molar-refractivity contribution in [1.29, 1.82) is 0 Å². The Morgan fingerprint density at radius 3 is 2.72 bits per heavy atom. The molecule has 0 bridgehead atoms. The van der Waals surface area contributed by atoms with Gasteiger partial charge in [-0.05, 0) is 18.4 Å². The molecular weight excluding hydrogens is 228 g/mol. The van der Waals surface area contributed by atoms with E-state index in [1.54, 1.807) is 0 Å². The zero-order chi connectivity index (χ0) is 13.2. The molecule has 0 saturated heterocycles. The first-order chi connectivity index (χ1) is 8.72. The van der Waals surface area contributed by atoms with E-state index in [1.165, 1.54) is 5.56 Å². The van der Waals surface area contributed by atoms with Gasteiger partial charge >= 0.3 is 6.21 Å². The number of hydrogen-bond acceptors (Lipinski definition) is 2. The monoisotopic (exact) mass is 244 g/mol. The fourth-order valence-corrected chi connectivity index (χ4v) is 1.44. The molecule has 0 aliphatic rings. The number of carbonyl (C=O) groups is 1. The SMILES string of the molecule is C=C(CCc1ccccc1)COCC(=O)C=[N+]=[N-]. The number of Topliss-reactive ketones (excluding diaryl/α,β-unsaturated/α-hetero) is 1. The van der Waals surface area contributed by atoms with Crippen molar-refractivity contribution in [3.8, 4) is 0 Å². The Bertz CT molecular complexity index is 448. The third kappa shape index (κ3) is 5.89. The Morgan fingerprint density at radius 2 is 2.06 bits per heavy atom. The van der Waals surface area contributed by atoms with Crippen molar-refractivity contribution < 1.29 is 14.3 Å². The molecule has 0 aliphatic carbocycles. The summed E-state index contributed by atoms with van der Waals surface area (Å²) < 4.78 is 5.15. The van der Waals surface area contributed by atoms with Crippen molar-refractivity contribution in [2.24, 2.45) is 0 Å². The van der Waals surface area contributed by atoms with E-state index in [4.69, 9.17) is 10.3 Å². The Balaban J connectivity index is 2.18. The highest BCUT2D eigenvalue weighted by atomic mass is 16.5. The van der Waals surface area contributed by atoms with E-state index >= 15 is 0 Å². The first-order valence-electron chi connectivity index (χ1n) is 5.71. The number of aryl methyl sites for hydroxylation is 1. The van der Waals surface area contributed by atoms with E-state index in [-0.39, 0.29) is 12.4 Å². The summed E-state index contributed by atoms with van der Waals surface area (Å²) >= 11 is 0. The van der Waals surface area contributed by atoms with Crippen LogP contribution < -0.4 is 0 Å². The Kier molecular flexibility index (Phi) is 6.33. The van der Waals surface area contributed by atoms with Gasteiger partial charge in [-0.2, -0.15) is 4.79 Å². The second kappa shape index (κ2) is 8.12. The van der Waals surface area contributed by atoms with Crippen LogP contribution in [-0.4, -0.2) is 30.0 Å². The molecule has 0 atom stereocenters. The van der Waals surface area contributed by atoms with Crippen LogP contribution in [0.4, 0.5) is 0 Å². The van der Waals surface area contributed by atoms with Crippen LogP contribution >= 0.6 is 0 Å². The van der Waals surface area contributed by atoms with Gasteiger partial charge in [0, 0.05) is 0 Å². The first-order valence-corrected chi connectivity index (χ1v) is 5.71. The van der Waals surface area contributed by atoms with Gasteiger partial charge in [0.05, 0.1) is 6.61 Å².